The third kappa shape index (κ3) is 2.25. The third-order valence-electron chi connectivity index (χ3n) is 3.16. The molecular weight excluding hydrogens is 176 g/mol. The molecule has 3 fully saturated rings. The first-order chi connectivity index (χ1) is 6.75. The van der Waals surface area contributed by atoms with Gasteiger partial charge >= 0.3 is 0 Å². The van der Waals surface area contributed by atoms with Crippen LogP contribution in [0.5, 0.6) is 0 Å². The molecule has 3 atom stereocenters. The molecule has 3 unspecified atom stereocenters. The Morgan fingerprint density at radius 3 is 3.00 bits per heavy atom. The summed E-state index contributed by atoms with van der Waals surface area (Å²) in [6.45, 7) is 8.87. The zero-order valence-electron chi connectivity index (χ0n) is 8.95. The van der Waals surface area contributed by atoms with Crippen LogP contribution >= 0.6 is 0 Å². The van der Waals surface area contributed by atoms with E-state index >= 15 is 0 Å². The van der Waals surface area contributed by atoms with Crippen molar-refractivity contribution in [3.8, 4) is 0 Å². The van der Waals surface area contributed by atoms with Gasteiger partial charge in [0.25, 0.3) is 0 Å². The van der Waals surface area contributed by atoms with Gasteiger partial charge in [-0.15, -0.1) is 0 Å². The highest BCUT2D eigenvalue weighted by atomic mass is 15.3. The van der Waals surface area contributed by atoms with Gasteiger partial charge in [0.15, 0.2) is 0 Å². The number of amidine groups is 1. The average molecular weight is 196 g/mol. The summed E-state index contributed by atoms with van der Waals surface area (Å²) >= 11 is 0. The van der Waals surface area contributed by atoms with Crippen molar-refractivity contribution in [2.45, 2.75) is 19.4 Å². The second-order valence-corrected chi connectivity index (χ2v) is 4.33. The van der Waals surface area contributed by atoms with Crippen LogP contribution in [0.1, 0.15) is 13.3 Å². The number of rotatable bonds is 2. The minimum Gasteiger partial charge on any atom is -0.388 e. The maximum atomic E-state index is 5.56. The molecule has 0 radical (unpaired) electrons. The summed E-state index contributed by atoms with van der Waals surface area (Å²) in [5.41, 5.74) is 5.56. The highest BCUT2D eigenvalue weighted by molar-refractivity contribution is 5.77. The lowest BCUT2D eigenvalue weighted by atomic mass is 10.2. The van der Waals surface area contributed by atoms with Crippen molar-refractivity contribution in [1.29, 1.82) is 0 Å². The molecule has 80 valence electrons. The molecule has 0 aliphatic carbocycles. The number of nitrogens with two attached hydrogens (primary N) is 1. The number of hydrogen-bond donors (Lipinski definition) is 1. The van der Waals surface area contributed by atoms with Crippen LogP contribution in [0.15, 0.2) is 4.99 Å². The second kappa shape index (κ2) is 4.28. The van der Waals surface area contributed by atoms with Crippen molar-refractivity contribution >= 4 is 5.84 Å². The van der Waals surface area contributed by atoms with Gasteiger partial charge in [0, 0.05) is 25.7 Å². The van der Waals surface area contributed by atoms with Crippen LogP contribution in [0.3, 0.4) is 0 Å². The van der Waals surface area contributed by atoms with Crippen molar-refractivity contribution in [2.24, 2.45) is 10.7 Å². The Hall–Kier alpha value is -0.610. The molecule has 2 bridgehead atoms. The van der Waals surface area contributed by atoms with E-state index < -0.39 is 0 Å². The molecule has 3 aliphatic heterocycles. The highest BCUT2D eigenvalue weighted by Gasteiger charge is 2.29. The Morgan fingerprint density at radius 1 is 1.36 bits per heavy atom. The van der Waals surface area contributed by atoms with Crippen molar-refractivity contribution in [3.05, 3.63) is 0 Å². The Labute approximate surface area is 85.8 Å². The molecule has 3 aliphatic rings. The largest absolute Gasteiger partial charge is 0.388 e. The van der Waals surface area contributed by atoms with E-state index in [4.69, 9.17) is 5.73 Å². The number of piperazine rings is 1. The molecule has 4 nitrogen and oxygen atoms in total. The average Bonchev–Trinajstić information content (AvgIpc) is 2.48. The normalized spacial score (nSPS) is 38.4. The minimum absolute atomic E-state index is 0.602. The Morgan fingerprint density at radius 2 is 2.21 bits per heavy atom. The third-order valence-corrected chi connectivity index (χ3v) is 3.16. The number of fused-ring (bicyclic) bond motifs is 4. The minimum atomic E-state index is 0.602. The van der Waals surface area contributed by atoms with E-state index in [0.717, 1.165) is 6.54 Å². The molecule has 4 heteroatoms. The second-order valence-electron chi connectivity index (χ2n) is 4.33. The molecule has 3 heterocycles. The summed E-state index contributed by atoms with van der Waals surface area (Å²) in [5, 5.41) is 0. The summed E-state index contributed by atoms with van der Waals surface area (Å²) in [5.74, 6) is 0.710. The van der Waals surface area contributed by atoms with Gasteiger partial charge in [0.05, 0.1) is 12.4 Å². The summed E-state index contributed by atoms with van der Waals surface area (Å²) in [6.07, 6.45) is 1.31. The number of nitrogens with zero attached hydrogens (tertiary/aromatic N) is 3. The van der Waals surface area contributed by atoms with E-state index in [-0.39, 0.29) is 0 Å². The first kappa shape index (κ1) is 9.93. The van der Waals surface area contributed by atoms with E-state index in [1.807, 2.05) is 6.92 Å². The number of hydrogen-bond acceptors (Lipinski definition) is 3. The molecule has 0 aromatic rings. The van der Waals surface area contributed by atoms with E-state index in [1.165, 1.54) is 39.1 Å². The van der Waals surface area contributed by atoms with Gasteiger partial charge in [0.1, 0.15) is 0 Å². The van der Waals surface area contributed by atoms with Crippen LogP contribution in [0.25, 0.3) is 0 Å². The number of aliphatic imine (C=N–C) groups is 1. The van der Waals surface area contributed by atoms with Gasteiger partial charge in [-0.05, 0) is 26.4 Å². The van der Waals surface area contributed by atoms with E-state index in [9.17, 15) is 0 Å². The topological polar surface area (TPSA) is 44.9 Å². The smallest absolute Gasteiger partial charge is 0.0906 e. The van der Waals surface area contributed by atoms with Gasteiger partial charge in [-0.3, -0.25) is 9.89 Å². The van der Waals surface area contributed by atoms with Gasteiger partial charge in [0.2, 0.25) is 0 Å². The van der Waals surface area contributed by atoms with Gasteiger partial charge in [-0.2, -0.15) is 0 Å². The Bertz CT molecular complexity index is 218. The van der Waals surface area contributed by atoms with E-state index in [0.29, 0.717) is 11.9 Å². The standard InChI is InChI=1S/C10H20N4/c1-9(11)12-7-10-8-13-3-2-4-14(10)6-5-13/h10H,2-8H2,1H3,(H2,11,12). The van der Waals surface area contributed by atoms with Crippen LogP contribution in [-0.4, -0.2) is 60.9 Å². The Kier molecular flexibility index (Phi) is 3.03. The van der Waals surface area contributed by atoms with Crippen LogP contribution in [-0.2, 0) is 0 Å². The van der Waals surface area contributed by atoms with Crippen molar-refractivity contribution in [3.63, 3.8) is 0 Å². The molecule has 0 saturated carbocycles. The van der Waals surface area contributed by atoms with Crippen LogP contribution in [0.2, 0.25) is 0 Å². The van der Waals surface area contributed by atoms with Crippen LogP contribution in [0, 0.1) is 0 Å². The maximum Gasteiger partial charge on any atom is 0.0906 e. The van der Waals surface area contributed by atoms with E-state index in [1.54, 1.807) is 0 Å². The fourth-order valence-corrected chi connectivity index (χ4v) is 2.37. The molecular formula is C10H20N4. The SMILES string of the molecule is CC(N)=NCC1CN2CCCN1CC2. The monoisotopic (exact) mass is 196 g/mol. The Balaban J connectivity index is 1.95. The zero-order chi connectivity index (χ0) is 9.97. The lowest BCUT2D eigenvalue weighted by Gasteiger charge is -2.36. The highest BCUT2D eigenvalue weighted by Crippen LogP contribution is 2.15. The fraction of sp³-hybridized carbons (Fsp3) is 0.900. The first-order valence-electron chi connectivity index (χ1n) is 5.48. The lowest BCUT2D eigenvalue weighted by Crippen LogP contribution is -2.51. The van der Waals surface area contributed by atoms with Crippen LogP contribution < -0.4 is 5.73 Å². The first-order valence-corrected chi connectivity index (χ1v) is 5.48. The van der Waals surface area contributed by atoms with Crippen LogP contribution in [0.4, 0.5) is 0 Å². The maximum absolute atomic E-state index is 5.56. The fourth-order valence-electron chi connectivity index (χ4n) is 2.37. The summed E-state index contributed by atoms with van der Waals surface area (Å²) < 4.78 is 0. The molecule has 2 N–H and O–H groups in total. The van der Waals surface area contributed by atoms with E-state index in [2.05, 4.69) is 14.8 Å². The molecule has 0 aromatic heterocycles. The zero-order valence-corrected chi connectivity index (χ0v) is 8.95. The summed E-state index contributed by atoms with van der Waals surface area (Å²) in [6, 6.07) is 0.602. The molecule has 0 spiro atoms. The quantitative estimate of drug-likeness (QED) is 0.489. The van der Waals surface area contributed by atoms with Gasteiger partial charge in [-0.25, -0.2) is 0 Å². The van der Waals surface area contributed by atoms with Gasteiger partial charge < -0.3 is 10.6 Å². The van der Waals surface area contributed by atoms with Crippen molar-refractivity contribution in [2.75, 3.05) is 39.3 Å². The molecule has 0 aromatic carbocycles. The molecule has 0 amide bonds. The molecule has 3 rings (SSSR count). The predicted molar refractivity (Wildman–Crippen MR) is 58.6 cm³/mol. The summed E-state index contributed by atoms with van der Waals surface area (Å²) in [4.78, 5) is 9.45. The predicted octanol–water partition coefficient (Wildman–Crippen LogP) is -0.247. The molecule has 3 saturated heterocycles. The van der Waals surface area contributed by atoms with Crippen molar-refractivity contribution in [1.82, 2.24) is 9.80 Å². The summed E-state index contributed by atoms with van der Waals surface area (Å²) in [7, 11) is 0. The lowest BCUT2D eigenvalue weighted by molar-refractivity contribution is 0.119. The van der Waals surface area contributed by atoms with Crippen molar-refractivity contribution < 1.29 is 0 Å². The molecule has 14 heavy (non-hydrogen) atoms. The van der Waals surface area contributed by atoms with Gasteiger partial charge in [-0.1, -0.05) is 0 Å².